The van der Waals surface area contributed by atoms with Crippen molar-refractivity contribution in [3.05, 3.63) is 79.0 Å². The third kappa shape index (κ3) is 6.03. The molecule has 16 heteroatoms. The fraction of sp³-hybridized carbons (Fsp3) is 0.115. The molecule has 218 valence electrons. The van der Waals surface area contributed by atoms with Gasteiger partial charge in [0.05, 0.1) is 22.3 Å². The molecule has 5 aromatic rings. The molecule has 2 N–H and O–H groups in total. The summed E-state index contributed by atoms with van der Waals surface area (Å²) in [6.45, 7) is 0. The minimum Gasteiger partial charge on any atom is -0.505 e. The number of phenolic OH excluding ortho intramolecular Hbond substituents is 1. The molecule has 0 atom stereocenters. The van der Waals surface area contributed by atoms with Crippen molar-refractivity contribution in [3.63, 3.8) is 0 Å². The average Bonchev–Trinajstić information content (AvgIpc) is 3.35. The summed E-state index contributed by atoms with van der Waals surface area (Å²) < 4.78 is 73.6. The molecule has 2 aromatic carbocycles. The number of fused-ring (bicyclic) bond motifs is 1. The number of benzene rings is 2. The number of pyridine rings is 1. The Morgan fingerprint density at radius 1 is 0.976 bits per heavy atom. The van der Waals surface area contributed by atoms with Gasteiger partial charge in [-0.05, 0) is 42.0 Å². The van der Waals surface area contributed by atoms with E-state index in [9.17, 15) is 31.1 Å². The molecule has 0 fully saturated rings. The summed E-state index contributed by atoms with van der Waals surface area (Å²) in [6.07, 6.45) is -0.357. The predicted molar refractivity (Wildman–Crippen MR) is 141 cm³/mol. The monoisotopic (exact) mass is 604 g/mol. The van der Waals surface area contributed by atoms with Crippen molar-refractivity contribution in [2.75, 3.05) is 14.1 Å². The molecule has 11 nitrogen and oxygen atoms in total. The van der Waals surface area contributed by atoms with Gasteiger partial charge in [-0.1, -0.05) is 18.2 Å². The van der Waals surface area contributed by atoms with Gasteiger partial charge in [-0.25, -0.2) is 26.4 Å². The highest BCUT2D eigenvalue weighted by Crippen LogP contribution is 2.37. The Balaban J connectivity index is 0.000000517. The maximum Gasteiger partial charge on any atom is 0.490 e. The van der Waals surface area contributed by atoms with Gasteiger partial charge < -0.3 is 10.2 Å². The largest absolute Gasteiger partial charge is 0.505 e. The van der Waals surface area contributed by atoms with Crippen LogP contribution in [-0.4, -0.2) is 74.0 Å². The number of aromatic hydroxyl groups is 1. The van der Waals surface area contributed by atoms with Gasteiger partial charge in [-0.15, -0.1) is 5.10 Å². The van der Waals surface area contributed by atoms with Crippen molar-refractivity contribution in [1.82, 2.24) is 29.1 Å². The number of alkyl halides is 3. The Hall–Kier alpha value is -4.96. The van der Waals surface area contributed by atoms with Crippen molar-refractivity contribution in [2.45, 2.75) is 11.1 Å². The van der Waals surface area contributed by atoms with E-state index in [0.717, 1.165) is 15.9 Å². The average molecular weight is 605 g/mol. The standard InChI is InChI=1S/C24H19FN6O3S.C2HF3O2/c1-30(2)35(33,34)18-5-3-4-16(12-18)20-14-27-28-24-22(17-6-7-19(25)21(32)13-17)23(29-31(20)24)15-8-10-26-11-9-15;3-2(4,5)1(6)7/h3-14,32H,1-2H3;(H,6,7). The van der Waals surface area contributed by atoms with Crippen LogP contribution in [0.1, 0.15) is 0 Å². The Labute approximate surface area is 235 Å². The van der Waals surface area contributed by atoms with E-state index in [-0.39, 0.29) is 4.90 Å². The van der Waals surface area contributed by atoms with Gasteiger partial charge in [0.1, 0.15) is 5.69 Å². The first kappa shape index (κ1) is 30.0. The van der Waals surface area contributed by atoms with Gasteiger partial charge in [-0.2, -0.15) is 23.4 Å². The second-order valence-corrected chi connectivity index (χ2v) is 10.9. The third-order valence-electron chi connectivity index (χ3n) is 5.76. The highest BCUT2D eigenvalue weighted by atomic mass is 32.2. The SMILES string of the molecule is CN(C)S(=O)(=O)c1cccc(-c2cnnc3c(-c4ccc(F)c(O)c4)c(-c4ccncc4)nn23)c1.O=C(O)C(F)(F)F. The number of aliphatic carboxylic acids is 1. The quantitative estimate of drug-likeness (QED) is 0.281. The summed E-state index contributed by atoms with van der Waals surface area (Å²) >= 11 is 0. The van der Waals surface area contributed by atoms with E-state index in [1.54, 1.807) is 47.2 Å². The zero-order valence-electron chi connectivity index (χ0n) is 21.7. The van der Waals surface area contributed by atoms with Crippen LogP contribution in [0.2, 0.25) is 0 Å². The molecule has 0 aliphatic carbocycles. The molecule has 0 amide bonds. The van der Waals surface area contributed by atoms with E-state index in [2.05, 4.69) is 15.2 Å². The van der Waals surface area contributed by atoms with Crippen molar-refractivity contribution in [2.24, 2.45) is 0 Å². The number of nitrogens with zero attached hydrogens (tertiary/aromatic N) is 6. The van der Waals surface area contributed by atoms with Gasteiger partial charge in [0.2, 0.25) is 10.0 Å². The number of carbonyl (C=O) groups is 1. The molecular weight excluding hydrogens is 584 g/mol. The van der Waals surface area contributed by atoms with E-state index in [4.69, 9.17) is 15.0 Å². The fourth-order valence-electron chi connectivity index (χ4n) is 3.73. The number of sulfonamides is 1. The Kier molecular flexibility index (Phi) is 8.21. The van der Waals surface area contributed by atoms with Crippen LogP contribution in [0.3, 0.4) is 0 Å². The summed E-state index contributed by atoms with van der Waals surface area (Å²) in [6, 6.07) is 14.0. The number of phenols is 1. The number of halogens is 4. The van der Waals surface area contributed by atoms with Gasteiger partial charge in [-0.3, -0.25) is 4.98 Å². The molecule has 0 saturated carbocycles. The summed E-state index contributed by atoms with van der Waals surface area (Å²) in [7, 11) is -0.730. The molecule has 0 bridgehead atoms. The van der Waals surface area contributed by atoms with Crippen molar-refractivity contribution in [1.29, 1.82) is 0 Å². The lowest BCUT2D eigenvalue weighted by Crippen LogP contribution is -2.22. The number of rotatable bonds is 5. The number of hydrogen-bond acceptors (Lipinski definition) is 8. The zero-order valence-corrected chi connectivity index (χ0v) is 22.5. The summed E-state index contributed by atoms with van der Waals surface area (Å²) in [5.74, 6) is -4.01. The number of hydrogen-bond donors (Lipinski definition) is 2. The number of carboxylic acids is 1. The van der Waals surface area contributed by atoms with Crippen molar-refractivity contribution < 1.29 is 41.0 Å². The lowest BCUT2D eigenvalue weighted by molar-refractivity contribution is -0.192. The first-order valence-corrected chi connectivity index (χ1v) is 13.1. The Morgan fingerprint density at radius 2 is 1.64 bits per heavy atom. The Morgan fingerprint density at radius 3 is 2.24 bits per heavy atom. The maximum absolute atomic E-state index is 13.8. The summed E-state index contributed by atoms with van der Waals surface area (Å²) in [5.41, 5.74) is 3.65. The van der Waals surface area contributed by atoms with E-state index in [1.807, 2.05) is 0 Å². The van der Waals surface area contributed by atoms with Crippen LogP contribution in [0.25, 0.3) is 39.3 Å². The molecule has 0 spiro atoms. The van der Waals surface area contributed by atoms with Crippen LogP contribution >= 0.6 is 0 Å². The molecule has 5 rings (SSSR count). The van der Waals surface area contributed by atoms with Gasteiger partial charge in [0.25, 0.3) is 0 Å². The number of carboxylic acid groups (broad SMARTS) is 1. The smallest absolute Gasteiger partial charge is 0.490 e. The molecule has 3 aromatic heterocycles. The van der Waals surface area contributed by atoms with E-state index in [0.29, 0.717) is 33.7 Å². The fourth-order valence-corrected chi connectivity index (χ4v) is 4.68. The molecule has 0 aliphatic heterocycles. The van der Waals surface area contributed by atoms with Crippen molar-refractivity contribution >= 4 is 21.6 Å². The van der Waals surface area contributed by atoms with Crippen LogP contribution in [0.5, 0.6) is 5.75 Å². The van der Waals surface area contributed by atoms with Crippen LogP contribution < -0.4 is 0 Å². The highest BCUT2D eigenvalue weighted by molar-refractivity contribution is 7.89. The first-order chi connectivity index (χ1) is 19.7. The maximum atomic E-state index is 13.8. The lowest BCUT2D eigenvalue weighted by atomic mass is 10.0. The number of aromatic nitrogens is 5. The minimum atomic E-state index is -5.08. The van der Waals surface area contributed by atoms with E-state index in [1.165, 1.54) is 38.5 Å². The molecule has 3 heterocycles. The molecule has 42 heavy (non-hydrogen) atoms. The molecular formula is C26H20F4N6O5S. The summed E-state index contributed by atoms with van der Waals surface area (Å²) in [5, 5.41) is 30.3. The lowest BCUT2D eigenvalue weighted by Gasteiger charge is -2.12. The van der Waals surface area contributed by atoms with Crippen LogP contribution in [0.15, 0.2) is 78.1 Å². The van der Waals surface area contributed by atoms with Crippen LogP contribution in [0, 0.1) is 5.82 Å². The summed E-state index contributed by atoms with van der Waals surface area (Å²) in [4.78, 5) is 13.1. The predicted octanol–water partition coefficient (Wildman–Crippen LogP) is 4.25. The van der Waals surface area contributed by atoms with Crippen molar-refractivity contribution in [3.8, 4) is 39.4 Å². The highest BCUT2D eigenvalue weighted by Gasteiger charge is 2.38. The van der Waals surface area contributed by atoms with Gasteiger partial charge in [0, 0.05) is 37.6 Å². The molecule has 0 unspecified atom stereocenters. The first-order valence-electron chi connectivity index (χ1n) is 11.7. The minimum absolute atomic E-state index is 0.121. The van der Waals surface area contributed by atoms with E-state index >= 15 is 0 Å². The topological polar surface area (TPSA) is 151 Å². The van der Waals surface area contributed by atoms with Crippen LogP contribution in [0.4, 0.5) is 17.6 Å². The van der Waals surface area contributed by atoms with Crippen LogP contribution in [-0.2, 0) is 14.8 Å². The Bertz CT molecular complexity index is 1880. The molecule has 0 saturated heterocycles. The second kappa shape index (κ2) is 11.5. The zero-order chi connectivity index (χ0) is 30.8. The van der Waals surface area contributed by atoms with Gasteiger partial charge >= 0.3 is 12.1 Å². The third-order valence-corrected chi connectivity index (χ3v) is 7.57. The van der Waals surface area contributed by atoms with Gasteiger partial charge in [0.15, 0.2) is 17.2 Å². The second-order valence-electron chi connectivity index (χ2n) is 8.71. The van der Waals surface area contributed by atoms with E-state index < -0.39 is 33.7 Å². The molecule has 0 aliphatic rings. The normalized spacial score (nSPS) is 11.8. The molecule has 0 radical (unpaired) electrons.